The lowest BCUT2D eigenvalue weighted by molar-refractivity contribution is -0.165. The molecule has 1 aromatic carbocycles. The van der Waals surface area contributed by atoms with E-state index in [1.165, 1.54) is 37.7 Å². The molecule has 1 amide bonds. The molecule has 0 radical (unpaired) electrons. The van der Waals surface area contributed by atoms with Gasteiger partial charge in [0.15, 0.2) is 0 Å². The van der Waals surface area contributed by atoms with Crippen molar-refractivity contribution in [1.29, 1.82) is 0 Å². The van der Waals surface area contributed by atoms with Gasteiger partial charge in [-0.25, -0.2) is 0 Å². The Balaban J connectivity index is 1.47. The lowest BCUT2D eigenvalue weighted by atomic mass is 9.44. The molecule has 4 aliphatic rings. The first-order valence-electron chi connectivity index (χ1n) is 11.8. The smallest absolute Gasteiger partial charge is 0.222 e. The minimum Gasteiger partial charge on any atom is -0.342 e. The van der Waals surface area contributed by atoms with Crippen LogP contribution in [0.1, 0.15) is 77.2 Å². The molecule has 3 heteroatoms. The number of rotatable bonds is 1. The number of hydrogen-bond donors (Lipinski definition) is 0. The molecule has 0 N–H and O–H groups in total. The van der Waals surface area contributed by atoms with Crippen molar-refractivity contribution in [2.45, 2.75) is 77.7 Å². The zero-order chi connectivity index (χ0) is 20.6. The van der Waals surface area contributed by atoms with E-state index in [2.05, 4.69) is 57.0 Å². The molecule has 3 saturated carbocycles. The monoisotopic (exact) mass is 413 g/mol. The summed E-state index contributed by atoms with van der Waals surface area (Å²) < 4.78 is 0. The summed E-state index contributed by atoms with van der Waals surface area (Å²) in [6.07, 6.45) is 8.38. The van der Waals surface area contributed by atoms with Crippen molar-refractivity contribution in [1.82, 2.24) is 4.90 Å². The van der Waals surface area contributed by atoms with Gasteiger partial charge in [-0.15, -0.1) is 0 Å². The number of carbonyl (C=O) groups is 1. The highest BCUT2D eigenvalue weighted by Gasteiger charge is 2.62. The van der Waals surface area contributed by atoms with Gasteiger partial charge in [0.25, 0.3) is 0 Å². The Kier molecular flexibility index (Phi) is 4.63. The van der Waals surface area contributed by atoms with Crippen molar-refractivity contribution in [3.8, 4) is 0 Å². The van der Waals surface area contributed by atoms with Gasteiger partial charge in [-0.2, -0.15) is 0 Å². The van der Waals surface area contributed by atoms with Crippen LogP contribution in [0, 0.1) is 34.5 Å². The Bertz CT molecular complexity index is 805. The Morgan fingerprint density at radius 1 is 1.00 bits per heavy atom. The summed E-state index contributed by atoms with van der Waals surface area (Å²) in [7, 11) is 2.07. The van der Waals surface area contributed by atoms with E-state index in [1.807, 2.05) is 0 Å². The molecule has 0 spiro atoms. The first kappa shape index (κ1) is 19.9. The summed E-state index contributed by atoms with van der Waals surface area (Å²) in [6.45, 7) is 7.61. The van der Waals surface area contributed by atoms with Crippen LogP contribution in [0.3, 0.4) is 0 Å². The van der Waals surface area contributed by atoms with Gasteiger partial charge >= 0.3 is 0 Å². The molecule has 3 aliphatic carbocycles. The minimum absolute atomic E-state index is 0.305. The van der Waals surface area contributed by atoms with Crippen LogP contribution < -0.4 is 0 Å². The maximum atomic E-state index is 12.4. The van der Waals surface area contributed by atoms with Crippen LogP contribution in [-0.2, 0) is 4.79 Å². The number of halogens is 1. The van der Waals surface area contributed by atoms with Crippen LogP contribution in [0.15, 0.2) is 24.3 Å². The number of hydrogen-bond acceptors (Lipinski definition) is 1. The van der Waals surface area contributed by atoms with Crippen LogP contribution >= 0.6 is 11.6 Å². The molecule has 1 heterocycles. The third-order valence-corrected chi connectivity index (χ3v) is 10.5. The van der Waals surface area contributed by atoms with Crippen molar-refractivity contribution in [2.75, 3.05) is 7.05 Å². The van der Waals surface area contributed by atoms with E-state index in [0.717, 1.165) is 35.6 Å². The van der Waals surface area contributed by atoms with Crippen molar-refractivity contribution in [2.24, 2.45) is 34.5 Å². The molecule has 1 aliphatic heterocycles. The molecule has 5 rings (SSSR count). The Hall–Kier alpha value is -1.02. The molecule has 2 nitrogen and oxygen atoms in total. The van der Waals surface area contributed by atoms with E-state index in [9.17, 15) is 4.79 Å². The van der Waals surface area contributed by atoms with Crippen LogP contribution in [0.25, 0.3) is 0 Å². The van der Waals surface area contributed by atoms with Gasteiger partial charge in [0.05, 0.1) is 0 Å². The topological polar surface area (TPSA) is 20.3 Å². The number of carbonyl (C=O) groups excluding carboxylic acids is 1. The molecule has 8 atom stereocenters. The molecule has 1 aromatic rings. The average Bonchev–Trinajstić information content (AvgIpc) is 3.05. The maximum Gasteiger partial charge on any atom is 0.222 e. The van der Waals surface area contributed by atoms with Gasteiger partial charge in [-0.3, -0.25) is 4.79 Å². The highest BCUT2D eigenvalue weighted by molar-refractivity contribution is 6.30. The van der Waals surface area contributed by atoms with Crippen molar-refractivity contribution >= 4 is 17.5 Å². The molecular weight excluding hydrogens is 378 g/mol. The Morgan fingerprint density at radius 3 is 2.41 bits per heavy atom. The standard InChI is InChI=1S/C26H36ClNO/c1-16-15-22-26(3,14-12-23(29)28(22)4)21-11-13-25(2)19(9-10-20(25)24(16)21)17-5-7-18(27)8-6-17/h5-8,16,19-22,24H,9-15H2,1-4H3/t16?,19?,20-,21+,22?,24-,25+,26+/m0/s1. The number of piperidine rings is 1. The van der Waals surface area contributed by atoms with Gasteiger partial charge in [-0.1, -0.05) is 44.5 Å². The van der Waals surface area contributed by atoms with Gasteiger partial charge in [-0.05, 0) is 96.6 Å². The fourth-order valence-electron chi connectivity index (χ4n) is 8.70. The highest BCUT2D eigenvalue weighted by Crippen LogP contribution is 2.68. The number of nitrogens with zero attached hydrogens (tertiary/aromatic N) is 1. The van der Waals surface area contributed by atoms with Crippen molar-refractivity contribution in [3.63, 3.8) is 0 Å². The van der Waals surface area contributed by atoms with Gasteiger partial charge in [0, 0.05) is 24.5 Å². The normalized spacial score (nSPS) is 46.8. The molecule has 29 heavy (non-hydrogen) atoms. The van der Waals surface area contributed by atoms with E-state index in [0.29, 0.717) is 34.6 Å². The fourth-order valence-corrected chi connectivity index (χ4v) is 8.83. The summed E-state index contributed by atoms with van der Waals surface area (Å²) in [4.78, 5) is 14.6. The highest BCUT2D eigenvalue weighted by atomic mass is 35.5. The predicted octanol–water partition coefficient (Wildman–Crippen LogP) is 6.53. The summed E-state index contributed by atoms with van der Waals surface area (Å²) >= 11 is 6.18. The second kappa shape index (κ2) is 6.74. The quantitative estimate of drug-likeness (QED) is 0.512. The summed E-state index contributed by atoms with van der Waals surface area (Å²) in [5.74, 6) is 4.14. The van der Waals surface area contributed by atoms with Crippen LogP contribution in [-0.4, -0.2) is 23.9 Å². The van der Waals surface area contributed by atoms with E-state index < -0.39 is 0 Å². The van der Waals surface area contributed by atoms with E-state index in [4.69, 9.17) is 11.6 Å². The molecule has 3 unspecified atom stereocenters. The van der Waals surface area contributed by atoms with Crippen molar-refractivity contribution < 1.29 is 4.79 Å². The lowest BCUT2D eigenvalue weighted by Gasteiger charge is -2.63. The number of likely N-dealkylation sites (tertiary alicyclic amines) is 1. The van der Waals surface area contributed by atoms with Crippen LogP contribution in [0.5, 0.6) is 0 Å². The summed E-state index contributed by atoms with van der Waals surface area (Å²) in [5.41, 5.74) is 2.20. The van der Waals surface area contributed by atoms with E-state index in [-0.39, 0.29) is 0 Å². The van der Waals surface area contributed by atoms with Crippen LogP contribution in [0.2, 0.25) is 5.02 Å². The van der Waals surface area contributed by atoms with Gasteiger partial charge < -0.3 is 4.90 Å². The SMILES string of the molecule is CC1CC2N(C)C(=O)CC[C@]2(C)[C@@H]2CC[C@]3(C)C(c4ccc(Cl)cc4)CC[C@H]3[C@H]12. The number of benzene rings is 1. The molecule has 158 valence electrons. The van der Waals surface area contributed by atoms with E-state index >= 15 is 0 Å². The fraction of sp³-hybridized carbons (Fsp3) is 0.731. The molecule has 1 saturated heterocycles. The van der Waals surface area contributed by atoms with Crippen molar-refractivity contribution in [3.05, 3.63) is 34.9 Å². The molecule has 0 bridgehead atoms. The number of amides is 1. The predicted molar refractivity (Wildman–Crippen MR) is 119 cm³/mol. The average molecular weight is 414 g/mol. The lowest BCUT2D eigenvalue weighted by Crippen LogP contribution is -2.63. The minimum atomic E-state index is 0.305. The zero-order valence-electron chi connectivity index (χ0n) is 18.5. The van der Waals surface area contributed by atoms with Gasteiger partial charge in [0.1, 0.15) is 0 Å². The Morgan fingerprint density at radius 2 is 1.69 bits per heavy atom. The molecular formula is C26H36ClNO. The Labute approximate surface area is 181 Å². The van der Waals surface area contributed by atoms with E-state index in [1.54, 1.807) is 0 Å². The van der Waals surface area contributed by atoms with Crippen LogP contribution in [0.4, 0.5) is 0 Å². The third-order valence-electron chi connectivity index (χ3n) is 10.2. The second-order valence-electron chi connectivity index (χ2n) is 11.3. The maximum absolute atomic E-state index is 12.4. The summed E-state index contributed by atoms with van der Waals surface area (Å²) in [6, 6.07) is 9.13. The molecule has 4 fully saturated rings. The first-order valence-corrected chi connectivity index (χ1v) is 12.1. The summed E-state index contributed by atoms with van der Waals surface area (Å²) in [5, 5.41) is 0.841. The second-order valence-corrected chi connectivity index (χ2v) is 11.7. The largest absolute Gasteiger partial charge is 0.342 e. The van der Waals surface area contributed by atoms with Gasteiger partial charge in [0.2, 0.25) is 5.91 Å². The number of fused-ring (bicyclic) bond motifs is 5. The first-order chi connectivity index (χ1) is 13.8. The zero-order valence-corrected chi connectivity index (χ0v) is 19.2. The third kappa shape index (κ3) is 2.77. The molecule has 0 aromatic heterocycles.